The Labute approximate surface area is 224 Å². The number of hydrogen-bond donors (Lipinski definition) is 2. The fraction of sp³-hybridized carbons (Fsp3) is 0.643. The van der Waals surface area contributed by atoms with E-state index in [2.05, 4.69) is 25.8 Å². The molecule has 10 heteroatoms. The van der Waals surface area contributed by atoms with E-state index in [4.69, 9.17) is 4.74 Å². The van der Waals surface area contributed by atoms with Crippen molar-refractivity contribution in [3.8, 4) is 0 Å². The Balaban J connectivity index is 1.66. The number of carbonyl (C=O) groups is 3. The van der Waals surface area contributed by atoms with Crippen LogP contribution in [0.25, 0.3) is 0 Å². The third-order valence-corrected chi connectivity index (χ3v) is 7.86. The van der Waals surface area contributed by atoms with E-state index >= 15 is 0 Å². The van der Waals surface area contributed by atoms with Crippen LogP contribution in [-0.4, -0.2) is 52.8 Å². The Morgan fingerprint density at radius 2 is 1.61 bits per heavy atom. The summed E-state index contributed by atoms with van der Waals surface area (Å²) in [4.78, 5) is 45.3. The number of hydrogen-bond acceptors (Lipinski definition) is 8. The minimum Gasteiger partial charge on any atom is -0.481 e. The highest BCUT2D eigenvalue weighted by atomic mass is 16.5. The van der Waals surface area contributed by atoms with Crippen LogP contribution in [0.3, 0.4) is 0 Å². The van der Waals surface area contributed by atoms with E-state index in [9.17, 15) is 14.4 Å². The van der Waals surface area contributed by atoms with Crippen LogP contribution >= 0.6 is 0 Å². The summed E-state index contributed by atoms with van der Waals surface area (Å²) < 4.78 is 5.63. The number of methoxy groups -OCH3 is 1. The average molecular weight is 525 g/mol. The van der Waals surface area contributed by atoms with E-state index in [-0.39, 0.29) is 52.6 Å². The van der Waals surface area contributed by atoms with Gasteiger partial charge in [0.15, 0.2) is 0 Å². The maximum absolute atomic E-state index is 13.5. The van der Waals surface area contributed by atoms with Crippen molar-refractivity contribution in [2.24, 2.45) is 10.2 Å². The van der Waals surface area contributed by atoms with Gasteiger partial charge in [0.1, 0.15) is 11.4 Å². The van der Waals surface area contributed by atoms with Crippen LogP contribution in [0.15, 0.2) is 34.1 Å². The van der Waals surface area contributed by atoms with Crippen molar-refractivity contribution in [3.05, 3.63) is 35.1 Å². The summed E-state index contributed by atoms with van der Waals surface area (Å²) in [5, 5.41) is 15.1. The Hall–Kier alpha value is -3.30. The average Bonchev–Trinajstić information content (AvgIpc) is 3.20. The molecule has 10 nitrogen and oxygen atoms in total. The second kappa shape index (κ2) is 13.0. The molecular formula is C28H40N6O4. The molecule has 1 aromatic rings. The maximum atomic E-state index is 13.5. The first-order valence-corrected chi connectivity index (χ1v) is 14.1. The number of ether oxygens (including phenoxy) is 1. The van der Waals surface area contributed by atoms with Gasteiger partial charge in [-0.15, -0.1) is 10.2 Å². The number of aromatic nitrogens is 1. The SMILES string of the molecule is CCC(CC)N1C(=O)c2nccc(N=N/C(C(=O)NC3CCCCC3)=C(/NC3CCCCC3)OC)c2C1=O. The normalized spacial score (nSPS) is 19.6. The van der Waals surface area contributed by atoms with Crippen molar-refractivity contribution in [2.75, 3.05) is 7.11 Å². The number of nitrogens with zero attached hydrogens (tertiary/aromatic N) is 4. The van der Waals surface area contributed by atoms with Crippen LogP contribution in [0.1, 0.15) is 112 Å². The molecule has 4 rings (SSSR count). The highest BCUT2D eigenvalue weighted by Gasteiger charge is 2.42. The Bertz CT molecular complexity index is 1080. The van der Waals surface area contributed by atoms with Crippen molar-refractivity contribution in [2.45, 2.75) is 109 Å². The molecule has 0 atom stereocenters. The summed E-state index contributed by atoms with van der Waals surface area (Å²) >= 11 is 0. The molecule has 3 aliphatic rings. The highest BCUT2D eigenvalue weighted by Crippen LogP contribution is 2.33. The zero-order valence-electron chi connectivity index (χ0n) is 22.8. The molecule has 0 radical (unpaired) electrons. The number of pyridine rings is 1. The van der Waals surface area contributed by atoms with Gasteiger partial charge in [0.25, 0.3) is 17.7 Å². The van der Waals surface area contributed by atoms with Gasteiger partial charge in [-0.1, -0.05) is 52.4 Å². The maximum Gasteiger partial charge on any atom is 0.280 e. The first kappa shape index (κ1) is 27.7. The van der Waals surface area contributed by atoms with Crippen LogP contribution in [0.5, 0.6) is 0 Å². The predicted molar refractivity (Wildman–Crippen MR) is 143 cm³/mol. The van der Waals surface area contributed by atoms with Crippen molar-refractivity contribution >= 4 is 23.4 Å². The summed E-state index contributed by atoms with van der Waals surface area (Å²) in [6, 6.07) is 1.59. The smallest absolute Gasteiger partial charge is 0.280 e. The topological polar surface area (TPSA) is 125 Å². The predicted octanol–water partition coefficient (Wildman–Crippen LogP) is 5.14. The first-order chi connectivity index (χ1) is 18.5. The molecule has 2 aliphatic carbocycles. The number of nitrogens with one attached hydrogen (secondary N) is 2. The van der Waals surface area contributed by atoms with Gasteiger partial charge in [-0.2, -0.15) is 0 Å². The van der Waals surface area contributed by atoms with E-state index in [1.165, 1.54) is 31.0 Å². The summed E-state index contributed by atoms with van der Waals surface area (Å²) in [6.07, 6.45) is 13.3. The van der Waals surface area contributed by atoms with Gasteiger partial charge in [0.2, 0.25) is 11.6 Å². The molecule has 2 fully saturated rings. The van der Waals surface area contributed by atoms with Gasteiger partial charge in [0, 0.05) is 24.3 Å². The molecule has 0 unspecified atom stereocenters. The lowest BCUT2D eigenvalue weighted by atomic mass is 9.95. The summed E-state index contributed by atoms with van der Waals surface area (Å²) in [5.41, 5.74) is 0.433. The Kier molecular flexibility index (Phi) is 9.47. The molecule has 1 aliphatic heterocycles. The second-order valence-electron chi connectivity index (χ2n) is 10.4. The summed E-state index contributed by atoms with van der Waals surface area (Å²) in [5.74, 6) is -0.948. The van der Waals surface area contributed by atoms with Crippen LogP contribution < -0.4 is 10.6 Å². The van der Waals surface area contributed by atoms with E-state index in [0.29, 0.717) is 12.8 Å². The van der Waals surface area contributed by atoms with Gasteiger partial charge >= 0.3 is 0 Å². The Morgan fingerprint density at radius 1 is 1.00 bits per heavy atom. The highest BCUT2D eigenvalue weighted by molar-refractivity contribution is 6.22. The van der Waals surface area contributed by atoms with Crippen molar-refractivity contribution in [3.63, 3.8) is 0 Å². The number of fused-ring (bicyclic) bond motifs is 1. The zero-order chi connectivity index (χ0) is 27.1. The lowest BCUT2D eigenvalue weighted by Gasteiger charge is -2.26. The van der Waals surface area contributed by atoms with Crippen molar-refractivity contribution in [1.29, 1.82) is 0 Å². The summed E-state index contributed by atoms with van der Waals surface area (Å²) in [6.45, 7) is 3.89. The molecule has 3 amide bonds. The molecule has 0 spiro atoms. The van der Waals surface area contributed by atoms with Crippen LogP contribution in [0, 0.1) is 0 Å². The molecule has 2 saturated carbocycles. The Morgan fingerprint density at radius 3 is 2.18 bits per heavy atom. The van der Waals surface area contributed by atoms with E-state index in [1.54, 1.807) is 6.07 Å². The third-order valence-electron chi connectivity index (χ3n) is 7.86. The minimum atomic E-state index is -0.426. The molecule has 206 valence electrons. The number of azo groups is 1. The molecular weight excluding hydrogens is 484 g/mol. The van der Waals surface area contributed by atoms with E-state index < -0.39 is 11.8 Å². The lowest BCUT2D eigenvalue weighted by molar-refractivity contribution is -0.118. The largest absolute Gasteiger partial charge is 0.481 e. The van der Waals surface area contributed by atoms with Crippen LogP contribution in [-0.2, 0) is 9.53 Å². The lowest BCUT2D eigenvalue weighted by Crippen LogP contribution is -2.39. The molecule has 1 aromatic heterocycles. The molecule has 38 heavy (non-hydrogen) atoms. The fourth-order valence-electron chi connectivity index (χ4n) is 5.67. The van der Waals surface area contributed by atoms with Crippen molar-refractivity contribution in [1.82, 2.24) is 20.5 Å². The van der Waals surface area contributed by atoms with Gasteiger partial charge in [-0.3, -0.25) is 24.3 Å². The van der Waals surface area contributed by atoms with Crippen LogP contribution in [0.2, 0.25) is 0 Å². The third kappa shape index (κ3) is 6.05. The molecule has 0 aromatic carbocycles. The first-order valence-electron chi connectivity index (χ1n) is 14.1. The second-order valence-corrected chi connectivity index (χ2v) is 10.4. The van der Waals surface area contributed by atoms with Gasteiger partial charge in [-0.25, -0.2) is 0 Å². The number of carbonyl (C=O) groups excluding carboxylic acids is 3. The monoisotopic (exact) mass is 524 g/mol. The van der Waals surface area contributed by atoms with Gasteiger partial charge in [-0.05, 0) is 44.6 Å². The zero-order valence-corrected chi connectivity index (χ0v) is 22.8. The molecule has 2 N–H and O–H groups in total. The molecule has 0 saturated heterocycles. The number of imide groups is 1. The summed E-state index contributed by atoms with van der Waals surface area (Å²) in [7, 11) is 1.51. The number of amides is 3. The van der Waals surface area contributed by atoms with Gasteiger partial charge in [0.05, 0.1) is 12.7 Å². The number of rotatable bonds is 10. The standard InChI is InChI=1S/C28H40N6O4/c1-4-20(5-2)34-27(36)22-21(16-17-29-23(22)28(34)37)32-33-24(25(35)30-18-12-8-6-9-13-18)26(38-3)31-19-14-10-7-11-15-19/h16-20,31H,4-15H2,1-3H3,(H,30,35)/b26-24-,33-32?. The van der Waals surface area contributed by atoms with E-state index in [1.807, 2.05) is 13.8 Å². The minimum absolute atomic E-state index is 0.0304. The van der Waals surface area contributed by atoms with Gasteiger partial charge < -0.3 is 15.4 Å². The quantitative estimate of drug-likeness (QED) is 0.189. The molecule has 2 heterocycles. The van der Waals surface area contributed by atoms with Crippen molar-refractivity contribution < 1.29 is 19.1 Å². The molecule has 0 bridgehead atoms. The van der Waals surface area contributed by atoms with E-state index in [0.717, 1.165) is 51.4 Å². The fourth-order valence-corrected chi connectivity index (χ4v) is 5.67. The van der Waals surface area contributed by atoms with Crippen LogP contribution in [0.4, 0.5) is 5.69 Å².